The van der Waals surface area contributed by atoms with E-state index in [1.165, 1.54) is 5.56 Å². The molecule has 0 unspecified atom stereocenters. The van der Waals surface area contributed by atoms with E-state index in [4.69, 9.17) is 5.73 Å². The van der Waals surface area contributed by atoms with Crippen molar-refractivity contribution in [1.29, 1.82) is 0 Å². The molecular weight excluding hydrogens is 248 g/mol. The van der Waals surface area contributed by atoms with Gasteiger partial charge in [0.1, 0.15) is 0 Å². The Kier molecular flexibility index (Phi) is 3.61. The molecule has 0 aromatic heterocycles. The lowest BCUT2D eigenvalue weighted by atomic mass is 9.74. The second-order valence-corrected chi connectivity index (χ2v) is 6.86. The van der Waals surface area contributed by atoms with Crippen molar-refractivity contribution in [2.45, 2.75) is 56.8 Å². The minimum absolute atomic E-state index is 0.0760. The molecule has 2 aliphatic rings. The highest BCUT2D eigenvalue weighted by Crippen LogP contribution is 2.52. The molecule has 3 N–H and O–H groups in total. The standard InChI is InChI=1S/C17H26N2O/c1-17-11-14(12-7-4-3-5-8-12)19(2)15(17)10-6-9-13(18)16(17)20/h3-5,7-8,13-16,20H,6,9-11,18H2,1-2H3/t13-,14-,15-,16+,17-/m1/s1. The van der Waals surface area contributed by atoms with Crippen LogP contribution in [-0.4, -0.2) is 35.2 Å². The number of fused-ring (bicyclic) bond motifs is 1. The maximum atomic E-state index is 10.7. The van der Waals surface area contributed by atoms with E-state index in [1.54, 1.807) is 0 Å². The number of aliphatic hydroxyl groups is 1. The van der Waals surface area contributed by atoms with Crippen molar-refractivity contribution in [3.63, 3.8) is 0 Å². The fourth-order valence-corrected chi connectivity index (χ4v) is 4.45. The fraction of sp³-hybridized carbons (Fsp3) is 0.647. The number of nitrogens with two attached hydrogens (primary N) is 1. The molecule has 2 fully saturated rings. The van der Waals surface area contributed by atoms with Crippen LogP contribution in [0.5, 0.6) is 0 Å². The van der Waals surface area contributed by atoms with E-state index in [-0.39, 0.29) is 11.5 Å². The lowest BCUT2D eigenvalue weighted by Crippen LogP contribution is -2.49. The summed E-state index contributed by atoms with van der Waals surface area (Å²) in [6, 6.07) is 11.4. The molecule has 1 aromatic carbocycles. The van der Waals surface area contributed by atoms with Crippen molar-refractivity contribution in [3.05, 3.63) is 35.9 Å². The second-order valence-electron chi connectivity index (χ2n) is 6.86. The van der Waals surface area contributed by atoms with E-state index >= 15 is 0 Å². The largest absolute Gasteiger partial charge is 0.391 e. The molecule has 20 heavy (non-hydrogen) atoms. The van der Waals surface area contributed by atoms with E-state index in [9.17, 15) is 5.11 Å². The lowest BCUT2D eigenvalue weighted by Gasteiger charge is -2.37. The SMILES string of the molecule is CN1[C@@H](c2ccccc2)C[C@@]2(C)[C@@H](O)[C@H](N)CCC[C@@H]12. The van der Waals surface area contributed by atoms with Crippen LogP contribution in [-0.2, 0) is 0 Å². The summed E-state index contributed by atoms with van der Waals surface area (Å²) in [5.41, 5.74) is 7.44. The second kappa shape index (κ2) is 5.14. The molecule has 1 aromatic rings. The van der Waals surface area contributed by atoms with Gasteiger partial charge in [-0.2, -0.15) is 0 Å². The zero-order valence-corrected chi connectivity index (χ0v) is 12.5. The summed E-state index contributed by atoms with van der Waals surface area (Å²) in [7, 11) is 2.21. The van der Waals surface area contributed by atoms with Crippen molar-refractivity contribution < 1.29 is 5.11 Å². The minimum Gasteiger partial charge on any atom is -0.391 e. The van der Waals surface area contributed by atoms with Crippen molar-refractivity contribution in [2.75, 3.05) is 7.05 Å². The summed E-state index contributed by atoms with van der Waals surface area (Å²) >= 11 is 0. The number of likely N-dealkylation sites (tertiary alicyclic amines) is 1. The third-order valence-corrected chi connectivity index (χ3v) is 5.66. The Morgan fingerprint density at radius 1 is 1.25 bits per heavy atom. The molecule has 110 valence electrons. The Labute approximate surface area is 121 Å². The first kappa shape index (κ1) is 14.1. The van der Waals surface area contributed by atoms with Crippen LogP contribution in [0.4, 0.5) is 0 Å². The quantitative estimate of drug-likeness (QED) is 0.826. The molecule has 0 spiro atoms. The van der Waals surface area contributed by atoms with Crippen LogP contribution in [0.1, 0.15) is 44.2 Å². The highest BCUT2D eigenvalue weighted by Gasteiger charge is 2.53. The minimum atomic E-state index is -0.397. The van der Waals surface area contributed by atoms with Gasteiger partial charge in [0.05, 0.1) is 6.10 Å². The van der Waals surface area contributed by atoms with Gasteiger partial charge in [0.25, 0.3) is 0 Å². The van der Waals surface area contributed by atoms with E-state index in [2.05, 4.69) is 49.2 Å². The first-order valence-electron chi connectivity index (χ1n) is 7.74. The highest BCUT2D eigenvalue weighted by molar-refractivity contribution is 5.23. The van der Waals surface area contributed by atoms with Crippen LogP contribution >= 0.6 is 0 Å². The fourth-order valence-electron chi connectivity index (χ4n) is 4.45. The Bertz CT molecular complexity index is 463. The first-order chi connectivity index (χ1) is 9.54. The molecule has 0 radical (unpaired) electrons. The zero-order chi connectivity index (χ0) is 14.3. The highest BCUT2D eigenvalue weighted by atomic mass is 16.3. The number of benzene rings is 1. The van der Waals surface area contributed by atoms with Gasteiger partial charge in [0.2, 0.25) is 0 Å². The summed E-state index contributed by atoms with van der Waals surface area (Å²) in [5, 5.41) is 10.7. The molecule has 5 atom stereocenters. The van der Waals surface area contributed by atoms with Gasteiger partial charge < -0.3 is 10.8 Å². The molecule has 1 saturated carbocycles. The Morgan fingerprint density at radius 3 is 2.65 bits per heavy atom. The summed E-state index contributed by atoms with van der Waals surface area (Å²) in [4.78, 5) is 2.47. The number of hydrogen-bond donors (Lipinski definition) is 2. The Hall–Kier alpha value is -0.900. The zero-order valence-electron chi connectivity index (χ0n) is 12.5. The van der Waals surface area contributed by atoms with Gasteiger partial charge in [0.15, 0.2) is 0 Å². The topological polar surface area (TPSA) is 49.5 Å². The predicted octanol–water partition coefficient (Wildman–Crippen LogP) is 2.31. The van der Waals surface area contributed by atoms with E-state index in [0.29, 0.717) is 12.1 Å². The Balaban J connectivity index is 1.93. The lowest BCUT2D eigenvalue weighted by molar-refractivity contribution is 0.00437. The summed E-state index contributed by atoms with van der Waals surface area (Å²) in [5.74, 6) is 0. The van der Waals surface area contributed by atoms with Crippen LogP contribution in [0.3, 0.4) is 0 Å². The number of hydrogen-bond acceptors (Lipinski definition) is 3. The van der Waals surface area contributed by atoms with Crippen molar-refractivity contribution in [1.82, 2.24) is 4.90 Å². The van der Waals surface area contributed by atoms with Crippen LogP contribution in [0.2, 0.25) is 0 Å². The average Bonchev–Trinajstić information content (AvgIpc) is 2.66. The molecule has 3 heteroatoms. The van der Waals surface area contributed by atoms with Crippen LogP contribution < -0.4 is 5.73 Å². The normalized spacial score (nSPS) is 42.2. The van der Waals surface area contributed by atoms with Gasteiger partial charge >= 0.3 is 0 Å². The van der Waals surface area contributed by atoms with Crippen LogP contribution in [0.15, 0.2) is 30.3 Å². The van der Waals surface area contributed by atoms with Crippen LogP contribution in [0, 0.1) is 5.41 Å². The smallest absolute Gasteiger partial charge is 0.0760 e. The van der Waals surface area contributed by atoms with E-state index in [1.807, 2.05) is 0 Å². The van der Waals surface area contributed by atoms with E-state index in [0.717, 1.165) is 25.7 Å². The van der Waals surface area contributed by atoms with Gasteiger partial charge in [-0.05, 0) is 31.9 Å². The van der Waals surface area contributed by atoms with Crippen molar-refractivity contribution >= 4 is 0 Å². The molecule has 3 rings (SSSR count). The molecule has 0 bridgehead atoms. The molecule has 1 saturated heterocycles. The van der Waals surface area contributed by atoms with Gasteiger partial charge in [-0.1, -0.05) is 43.7 Å². The number of nitrogens with zero attached hydrogens (tertiary/aromatic N) is 1. The van der Waals surface area contributed by atoms with Gasteiger partial charge in [-0.15, -0.1) is 0 Å². The Morgan fingerprint density at radius 2 is 1.95 bits per heavy atom. The molecule has 1 aliphatic heterocycles. The molecule has 0 amide bonds. The molecular formula is C17H26N2O. The third-order valence-electron chi connectivity index (χ3n) is 5.66. The third kappa shape index (κ3) is 2.09. The first-order valence-corrected chi connectivity index (χ1v) is 7.74. The van der Waals surface area contributed by atoms with Gasteiger partial charge in [-0.25, -0.2) is 0 Å². The number of rotatable bonds is 1. The van der Waals surface area contributed by atoms with E-state index < -0.39 is 6.10 Å². The molecule has 1 aliphatic carbocycles. The van der Waals surface area contributed by atoms with Crippen molar-refractivity contribution in [3.8, 4) is 0 Å². The number of aliphatic hydroxyl groups excluding tert-OH is 1. The maximum Gasteiger partial charge on any atom is 0.0760 e. The monoisotopic (exact) mass is 274 g/mol. The van der Waals surface area contributed by atoms with Gasteiger partial charge in [0, 0.05) is 23.5 Å². The summed E-state index contributed by atoms with van der Waals surface area (Å²) < 4.78 is 0. The summed E-state index contributed by atoms with van der Waals surface area (Å²) in [6.07, 6.45) is 3.79. The maximum absolute atomic E-state index is 10.7. The molecule has 1 heterocycles. The predicted molar refractivity (Wildman–Crippen MR) is 81.3 cm³/mol. The van der Waals surface area contributed by atoms with Crippen molar-refractivity contribution in [2.24, 2.45) is 11.1 Å². The van der Waals surface area contributed by atoms with Crippen LogP contribution in [0.25, 0.3) is 0 Å². The summed E-state index contributed by atoms with van der Waals surface area (Å²) in [6.45, 7) is 2.23. The average molecular weight is 274 g/mol. The van der Waals surface area contributed by atoms with Gasteiger partial charge in [-0.3, -0.25) is 4.90 Å². The molecule has 3 nitrogen and oxygen atoms in total.